The fourth-order valence-corrected chi connectivity index (χ4v) is 1.84. The number of hydrogen-bond donors (Lipinski definition) is 0. The van der Waals surface area contributed by atoms with Gasteiger partial charge in [-0.2, -0.15) is 0 Å². The van der Waals surface area contributed by atoms with E-state index < -0.39 is 0 Å². The second-order valence-electron chi connectivity index (χ2n) is 3.71. The summed E-state index contributed by atoms with van der Waals surface area (Å²) in [7, 11) is 0. The van der Waals surface area contributed by atoms with Gasteiger partial charge in [0.15, 0.2) is 6.29 Å². The first-order valence-corrected chi connectivity index (χ1v) is 7.66. The highest BCUT2D eigenvalue weighted by atomic mass is 127. The second kappa shape index (κ2) is 12.7. The fourth-order valence-electron chi connectivity index (χ4n) is 1.30. The van der Waals surface area contributed by atoms with Crippen molar-refractivity contribution in [3.05, 3.63) is 0 Å². The molecule has 0 fully saturated rings. The first-order valence-electron chi connectivity index (χ1n) is 6.14. The smallest absolute Gasteiger partial charge is 0.157 e. The van der Waals surface area contributed by atoms with Crippen LogP contribution in [0.25, 0.3) is 0 Å². The minimum Gasteiger partial charge on any atom is -0.353 e. The van der Waals surface area contributed by atoms with Crippen molar-refractivity contribution in [2.24, 2.45) is 0 Å². The zero-order valence-electron chi connectivity index (χ0n) is 10.1. The van der Waals surface area contributed by atoms with Gasteiger partial charge < -0.3 is 9.47 Å². The van der Waals surface area contributed by atoms with Crippen molar-refractivity contribution in [2.75, 3.05) is 17.6 Å². The Hall–Kier alpha value is 0.650. The molecule has 0 bridgehead atoms. The summed E-state index contributed by atoms with van der Waals surface area (Å²) in [5.74, 6) is 0. The number of ether oxygens (including phenoxy) is 2. The normalized spacial score (nSPS) is 11.2. The molecule has 0 N–H and O–H groups in total. The van der Waals surface area contributed by atoms with E-state index in [-0.39, 0.29) is 6.29 Å². The summed E-state index contributed by atoms with van der Waals surface area (Å²) < 4.78 is 12.6. The Morgan fingerprint density at radius 2 is 1.53 bits per heavy atom. The average molecular weight is 328 g/mol. The standard InChI is InChI=1S/C12H25IO2/c1-3-10-14-12(15-11-4-2)8-6-5-7-9-13/h12H,3-11H2,1-2H3. The van der Waals surface area contributed by atoms with Gasteiger partial charge in [-0.25, -0.2) is 0 Å². The molecule has 3 heteroatoms. The zero-order valence-corrected chi connectivity index (χ0v) is 12.3. The van der Waals surface area contributed by atoms with E-state index in [0.717, 1.165) is 32.5 Å². The molecule has 0 heterocycles. The monoisotopic (exact) mass is 328 g/mol. The Morgan fingerprint density at radius 3 is 2.00 bits per heavy atom. The molecule has 0 rings (SSSR count). The summed E-state index contributed by atoms with van der Waals surface area (Å²) in [5.41, 5.74) is 0. The maximum Gasteiger partial charge on any atom is 0.157 e. The van der Waals surface area contributed by atoms with Gasteiger partial charge in [-0.15, -0.1) is 0 Å². The van der Waals surface area contributed by atoms with Crippen LogP contribution in [-0.4, -0.2) is 23.9 Å². The van der Waals surface area contributed by atoms with Crippen LogP contribution in [0.3, 0.4) is 0 Å². The minimum absolute atomic E-state index is 0.0408. The van der Waals surface area contributed by atoms with Crippen LogP contribution in [0.5, 0.6) is 0 Å². The van der Waals surface area contributed by atoms with Crippen molar-refractivity contribution in [1.82, 2.24) is 0 Å². The Balaban J connectivity index is 3.49. The van der Waals surface area contributed by atoms with Crippen LogP contribution in [0, 0.1) is 0 Å². The van der Waals surface area contributed by atoms with Gasteiger partial charge in [-0.05, 0) is 36.5 Å². The molecule has 0 spiro atoms. The quantitative estimate of drug-likeness (QED) is 0.245. The molecule has 0 aliphatic heterocycles. The average Bonchev–Trinajstić information content (AvgIpc) is 2.27. The maximum atomic E-state index is 5.65. The van der Waals surface area contributed by atoms with E-state index in [1.54, 1.807) is 0 Å². The lowest BCUT2D eigenvalue weighted by Crippen LogP contribution is -2.18. The van der Waals surface area contributed by atoms with Crippen LogP contribution in [0.1, 0.15) is 52.4 Å². The van der Waals surface area contributed by atoms with Crippen molar-refractivity contribution in [2.45, 2.75) is 58.7 Å². The molecule has 92 valence electrons. The molecule has 0 aromatic heterocycles. The molecule has 0 aliphatic rings. The summed E-state index contributed by atoms with van der Waals surface area (Å²) in [6.45, 7) is 5.90. The van der Waals surface area contributed by atoms with Crippen LogP contribution in [-0.2, 0) is 9.47 Å². The van der Waals surface area contributed by atoms with Gasteiger partial charge >= 0.3 is 0 Å². The molecule has 0 amide bonds. The molecular formula is C12H25IO2. The third-order valence-corrected chi connectivity index (χ3v) is 2.85. The number of halogens is 1. The molecule has 0 aromatic rings. The van der Waals surface area contributed by atoms with Crippen LogP contribution >= 0.6 is 22.6 Å². The minimum atomic E-state index is 0.0408. The summed E-state index contributed by atoms with van der Waals surface area (Å²) >= 11 is 2.43. The van der Waals surface area contributed by atoms with Crippen molar-refractivity contribution in [1.29, 1.82) is 0 Å². The highest BCUT2D eigenvalue weighted by Crippen LogP contribution is 2.10. The summed E-state index contributed by atoms with van der Waals surface area (Å²) in [6.07, 6.45) is 7.07. The lowest BCUT2D eigenvalue weighted by Gasteiger charge is -2.17. The van der Waals surface area contributed by atoms with Gasteiger partial charge in [0.05, 0.1) is 0 Å². The SMILES string of the molecule is CCCOC(CCCCCI)OCCC. The van der Waals surface area contributed by atoms with Crippen molar-refractivity contribution >= 4 is 22.6 Å². The molecule has 0 saturated heterocycles. The highest BCUT2D eigenvalue weighted by molar-refractivity contribution is 14.1. The third kappa shape index (κ3) is 10.9. The van der Waals surface area contributed by atoms with E-state index >= 15 is 0 Å². The van der Waals surface area contributed by atoms with Gasteiger partial charge in [-0.3, -0.25) is 0 Å². The molecule has 0 saturated carbocycles. The van der Waals surface area contributed by atoms with Gasteiger partial charge in [-0.1, -0.05) is 42.9 Å². The Kier molecular flexibility index (Phi) is 13.3. The van der Waals surface area contributed by atoms with E-state index in [4.69, 9.17) is 9.47 Å². The van der Waals surface area contributed by atoms with Gasteiger partial charge in [0, 0.05) is 13.2 Å². The van der Waals surface area contributed by atoms with Gasteiger partial charge in [0.1, 0.15) is 0 Å². The first-order chi connectivity index (χ1) is 7.35. The summed E-state index contributed by atoms with van der Waals surface area (Å²) in [5, 5.41) is 0. The van der Waals surface area contributed by atoms with Crippen molar-refractivity contribution in [3.63, 3.8) is 0 Å². The summed E-state index contributed by atoms with van der Waals surface area (Å²) in [4.78, 5) is 0. The molecule has 15 heavy (non-hydrogen) atoms. The van der Waals surface area contributed by atoms with Crippen molar-refractivity contribution < 1.29 is 9.47 Å². The maximum absolute atomic E-state index is 5.65. The van der Waals surface area contributed by atoms with Crippen LogP contribution in [0.2, 0.25) is 0 Å². The lowest BCUT2D eigenvalue weighted by atomic mass is 10.2. The topological polar surface area (TPSA) is 18.5 Å². The molecule has 0 aromatic carbocycles. The Labute approximate surface area is 108 Å². The van der Waals surface area contributed by atoms with E-state index in [9.17, 15) is 0 Å². The van der Waals surface area contributed by atoms with Crippen LogP contribution in [0.4, 0.5) is 0 Å². The molecule has 0 aliphatic carbocycles. The summed E-state index contributed by atoms with van der Waals surface area (Å²) in [6, 6.07) is 0. The van der Waals surface area contributed by atoms with Crippen molar-refractivity contribution in [3.8, 4) is 0 Å². The Morgan fingerprint density at radius 1 is 0.933 bits per heavy atom. The van der Waals surface area contributed by atoms with E-state index in [1.807, 2.05) is 0 Å². The number of rotatable bonds is 11. The second-order valence-corrected chi connectivity index (χ2v) is 4.79. The number of hydrogen-bond acceptors (Lipinski definition) is 2. The van der Waals surface area contributed by atoms with Crippen LogP contribution < -0.4 is 0 Å². The van der Waals surface area contributed by atoms with E-state index in [1.165, 1.54) is 23.7 Å². The fraction of sp³-hybridized carbons (Fsp3) is 1.00. The van der Waals surface area contributed by atoms with Gasteiger partial charge in [0.25, 0.3) is 0 Å². The van der Waals surface area contributed by atoms with Crippen LogP contribution in [0.15, 0.2) is 0 Å². The van der Waals surface area contributed by atoms with E-state index in [2.05, 4.69) is 36.4 Å². The first kappa shape index (κ1) is 15.7. The highest BCUT2D eigenvalue weighted by Gasteiger charge is 2.07. The molecule has 0 radical (unpaired) electrons. The number of unbranched alkanes of at least 4 members (excludes halogenated alkanes) is 2. The lowest BCUT2D eigenvalue weighted by molar-refractivity contribution is -0.146. The van der Waals surface area contributed by atoms with E-state index in [0.29, 0.717) is 0 Å². The third-order valence-electron chi connectivity index (χ3n) is 2.09. The number of alkyl halides is 1. The predicted octanol–water partition coefficient (Wildman–Crippen LogP) is 4.16. The molecule has 0 unspecified atom stereocenters. The largest absolute Gasteiger partial charge is 0.353 e. The molecule has 2 nitrogen and oxygen atoms in total. The van der Waals surface area contributed by atoms with Gasteiger partial charge in [0.2, 0.25) is 0 Å². The predicted molar refractivity (Wildman–Crippen MR) is 73.6 cm³/mol. The Bertz CT molecular complexity index is 112. The molecule has 0 atom stereocenters. The molecular weight excluding hydrogens is 303 g/mol. The zero-order chi connectivity index (χ0) is 11.4.